The Morgan fingerprint density at radius 1 is 1.12 bits per heavy atom. The molecule has 2 aliphatic rings. The Labute approximate surface area is 196 Å². The molecule has 1 amide bonds. The minimum Gasteiger partial charge on any atom is -0.497 e. The van der Waals surface area contributed by atoms with E-state index in [0.717, 1.165) is 5.56 Å². The van der Waals surface area contributed by atoms with Crippen LogP contribution in [0.3, 0.4) is 0 Å². The van der Waals surface area contributed by atoms with Gasteiger partial charge in [-0.1, -0.05) is 18.2 Å². The van der Waals surface area contributed by atoms with Crippen molar-refractivity contribution in [2.75, 3.05) is 17.3 Å². The Balaban J connectivity index is 1.58. The number of carbonyl (C=O) groups is 1. The van der Waals surface area contributed by atoms with E-state index in [-0.39, 0.29) is 11.7 Å². The Morgan fingerprint density at radius 3 is 2.52 bits per heavy atom. The highest BCUT2D eigenvalue weighted by molar-refractivity contribution is 7.80. The maximum Gasteiger partial charge on any atom is 0.236 e. The van der Waals surface area contributed by atoms with E-state index in [1.165, 1.54) is 12.1 Å². The molecular formula is C25H22FN3O3S. The summed E-state index contributed by atoms with van der Waals surface area (Å²) in [6, 6.07) is 20.3. The molecule has 3 aromatic carbocycles. The number of nitrogens with zero attached hydrogens (tertiary/aromatic N) is 1. The molecule has 3 atom stereocenters. The first kappa shape index (κ1) is 21.2. The number of fused-ring (bicyclic) bond motifs is 4. The fourth-order valence-electron chi connectivity index (χ4n) is 4.60. The maximum atomic E-state index is 13.7. The molecule has 0 radical (unpaired) electrons. The van der Waals surface area contributed by atoms with Gasteiger partial charge in [0.05, 0.1) is 13.2 Å². The molecule has 0 spiro atoms. The van der Waals surface area contributed by atoms with Crippen LogP contribution in [0.25, 0.3) is 0 Å². The van der Waals surface area contributed by atoms with E-state index in [1.54, 1.807) is 48.4 Å². The van der Waals surface area contributed by atoms with Gasteiger partial charge in [-0.05, 0) is 73.7 Å². The van der Waals surface area contributed by atoms with Crippen LogP contribution in [0.2, 0.25) is 0 Å². The highest BCUT2D eigenvalue weighted by atomic mass is 32.1. The number of halogens is 1. The molecule has 1 fully saturated rings. The SMILES string of the molecule is COc1ccc(NC(=O)[C@@H]2[C@@H]3NC(=S)N(c4ccc(F)cc4)[C@@]2(C)Oc2ccccc23)cc1. The summed E-state index contributed by atoms with van der Waals surface area (Å²) in [6.07, 6.45) is 0. The van der Waals surface area contributed by atoms with Gasteiger partial charge in [0.25, 0.3) is 0 Å². The molecule has 0 aromatic heterocycles. The van der Waals surface area contributed by atoms with Crippen LogP contribution < -0.4 is 25.0 Å². The fraction of sp³-hybridized carbons (Fsp3) is 0.200. The number of anilines is 2. The van der Waals surface area contributed by atoms with Crippen molar-refractivity contribution in [2.45, 2.75) is 18.7 Å². The zero-order valence-electron chi connectivity index (χ0n) is 18.0. The molecule has 2 bridgehead atoms. The second-order valence-corrected chi connectivity index (χ2v) is 8.52. The van der Waals surface area contributed by atoms with Crippen LogP contribution >= 0.6 is 12.2 Å². The summed E-state index contributed by atoms with van der Waals surface area (Å²) >= 11 is 5.69. The number of nitrogens with one attached hydrogen (secondary N) is 2. The van der Waals surface area contributed by atoms with Crippen LogP contribution in [-0.2, 0) is 4.79 Å². The zero-order chi connectivity index (χ0) is 23.2. The van der Waals surface area contributed by atoms with Crippen molar-refractivity contribution in [3.8, 4) is 11.5 Å². The number of para-hydroxylation sites is 1. The second kappa shape index (κ2) is 8.04. The third-order valence-electron chi connectivity index (χ3n) is 6.13. The quantitative estimate of drug-likeness (QED) is 0.550. The summed E-state index contributed by atoms with van der Waals surface area (Å²) in [6.45, 7) is 1.84. The van der Waals surface area contributed by atoms with E-state index < -0.39 is 17.7 Å². The van der Waals surface area contributed by atoms with Crippen LogP contribution in [0.15, 0.2) is 72.8 Å². The average molecular weight is 464 g/mol. The summed E-state index contributed by atoms with van der Waals surface area (Å²) in [4.78, 5) is 15.4. The van der Waals surface area contributed by atoms with Gasteiger partial charge in [-0.25, -0.2) is 4.39 Å². The number of hydrogen-bond acceptors (Lipinski definition) is 4. The molecule has 2 N–H and O–H groups in total. The highest BCUT2D eigenvalue weighted by Gasteiger charge is 2.59. The van der Waals surface area contributed by atoms with E-state index in [2.05, 4.69) is 10.6 Å². The number of hydrogen-bond donors (Lipinski definition) is 2. The molecule has 3 aromatic rings. The monoisotopic (exact) mass is 463 g/mol. The lowest BCUT2D eigenvalue weighted by atomic mass is 9.78. The summed E-state index contributed by atoms with van der Waals surface area (Å²) in [5.41, 5.74) is 0.954. The number of ether oxygens (including phenoxy) is 2. The lowest BCUT2D eigenvalue weighted by molar-refractivity contribution is -0.130. The molecule has 168 valence electrons. The van der Waals surface area contributed by atoms with Gasteiger partial charge < -0.3 is 20.1 Å². The van der Waals surface area contributed by atoms with Crippen molar-refractivity contribution in [1.29, 1.82) is 0 Å². The molecule has 5 rings (SSSR count). The van der Waals surface area contributed by atoms with Gasteiger partial charge in [0, 0.05) is 16.9 Å². The van der Waals surface area contributed by atoms with Crippen LogP contribution in [-0.4, -0.2) is 23.9 Å². The summed E-state index contributed by atoms with van der Waals surface area (Å²) in [5, 5.41) is 6.73. The first-order valence-electron chi connectivity index (χ1n) is 10.5. The van der Waals surface area contributed by atoms with E-state index in [0.29, 0.717) is 28.0 Å². The van der Waals surface area contributed by atoms with Gasteiger partial charge in [-0.3, -0.25) is 9.69 Å². The van der Waals surface area contributed by atoms with Crippen LogP contribution in [0.1, 0.15) is 18.5 Å². The number of carbonyl (C=O) groups excluding carboxylic acids is 1. The maximum absolute atomic E-state index is 13.7. The number of methoxy groups -OCH3 is 1. The van der Waals surface area contributed by atoms with E-state index in [9.17, 15) is 9.18 Å². The van der Waals surface area contributed by atoms with Crippen molar-refractivity contribution in [1.82, 2.24) is 5.32 Å². The minimum atomic E-state index is -1.16. The molecule has 8 heteroatoms. The van der Waals surface area contributed by atoms with Gasteiger partial charge in [0.2, 0.25) is 5.91 Å². The standard InChI is InChI=1S/C25H22FN3O3S/c1-25-21(23(30)27-16-9-13-18(31-2)14-10-16)22(19-5-3-4-6-20(19)32-25)28-24(33)29(25)17-11-7-15(26)8-12-17/h3-14,21-22H,1-2H3,(H,27,30)(H,28,33)/t21-,22+,25-/m0/s1. The van der Waals surface area contributed by atoms with Crippen LogP contribution in [0.5, 0.6) is 11.5 Å². The van der Waals surface area contributed by atoms with Crippen molar-refractivity contribution in [3.63, 3.8) is 0 Å². The predicted molar refractivity (Wildman–Crippen MR) is 128 cm³/mol. The smallest absolute Gasteiger partial charge is 0.236 e. The van der Waals surface area contributed by atoms with Gasteiger partial charge in [-0.15, -0.1) is 0 Å². The van der Waals surface area contributed by atoms with Gasteiger partial charge in [0.1, 0.15) is 23.2 Å². The van der Waals surface area contributed by atoms with E-state index in [4.69, 9.17) is 21.7 Å². The molecule has 2 heterocycles. The average Bonchev–Trinajstić information content (AvgIpc) is 2.80. The van der Waals surface area contributed by atoms with Crippen molar-refractivity contribution in [2.24, 2.45) is 5.92 Å². The van der Waals surface area contributed by atoms with E-state index >= 15 is 0 Å². The van der Waals surface area contributed by atoms with Crippen LogP contribution in [0, 0.1) is 11.7 Å². The van der Waals surface area contributed by atoms with Gasteiger partial charge in [-0.2, -0.15) is 0 Å². The van der Waals surface area contributed by atoms with E-state index in [1.807, 2.05) is 31.2 Å². The van der Waals surface area contributed by atoms with Crippen molar-refractivity contribution < 1.29 is 18.7 Å². The van der Waals surface area contributed by atoms with Gasteiger partial charge >= 0.3 is 0 Å². The highest BCUT2D eigenvalue weighted by Crippen LogP contribution is 2.49. The van der Waals surface area contributed by atoms with Crippen molar-refractivity contribution >= 4 is 34.6 Å². The molecule has 0 unspecified atom stereocenters. The molecule has 2 aliphatic heterocycles. The Hall–Kier alpha value is -3.65. The third kappa shape index (κ3) is 3.56. The molecule has 6 nitrogen and oxygen atoms in total. The summed E-state index contributed by atoms with van der Waals surface area (Å²) < 4.78 is 25.3. The van der Waals surface area contributed by atoms with Crippen molar-refractivity contribution in [3.05, 3.63) is 84.2 Å². The predicted octanol–water partition coefficient (Wildman–Crippen LogP) is 4.63. The molecule has 1 saturated heterocycles. The second-order valence-electron chi connectivity index (χ2n) is 8.13. The fourth-order valence-corrected chi connectivity index (χ4v) is 5.02. The lowest BCUT2D eigenvalue weighted by Crippen LogP contribution is -2.72. The first-order valence-corrected chi connectivity index (χ1v) is 10.9. The minimum absolute atomic E-state index is 0.232. The molecular weight excluding hydrogens is 441 g/mol. The largest absolute Gasteiger partial charge is 0.497 e. The molecule has 33 heavy (non-hydrogen) atoms. The lowest BCUT2D eigenvalue weighted by Gasteiger charge is -2.56. The Morgan fingerprint density at radius 2 is 1.82 bits per heavy atom. The zero-order valence-corrected chi connectivity index (χ0v) is 18.9. The number of thiocarbonyl (C=S) groups is 1. The Kier molecular flexibility index (Phi) is 5.17. The number of amides is 1. The number of rotatable bonds is 4. The third-order valence-corrected chi connectivity index (χ3v) is 6.43. The summed E-state index contributed by atoms with van der Waals surface area (Å²) in [7, 11) is 1.59. The number of benzene rings is 3. The molecule has 0 saturated carbocycles. The normalized spacial score (nSPS) is 23.1. The van der Waals surface area contributed by atoms with Crippen LogP contribution in [0.4, 0.5) is 15.8 Å². The van der Waals surface area contributed by atoms with Gasteiger partial charge in [0.15, 0.2) is 10.8 Å². The Bertz CT molecular complexity index is 1220. The topological polar surface area (TPSA) is 62.8 Å². The molecule has 0 aliphatic carbocycles. The first-order chi connectivity index (χ1) is 15.9. The summed E-state index contributed by atoms with van der Waals surface area (Å²) in [5.74, 6) is 0.0961.